The molecular formula is C16H24ClN. The van der Waals surface area contributed by atoms with Crippen LogP contribution in [0.4, 0.5) is 0 Å². The molecule has 0 amide bonds. The summed E-state index contributed by atoms with van der Waals surface area (Å²) in [4.78, 5) is 0. The molecule has 18 heavy (non-hydrogen) atoms. The normalized spacial score (nSPS) is 12.4. The molecule has 0 aliphatic carbocycles. The SMILES string of the molecule is C=C(CC)CC(Cc1ccccc1Cl)NCCC. The summed E-state index contributed by atoms with van der Waals surface area (Å²) in [5, 5.41) is 4.45. The van der Waals surface area contributed by atoms with Crippen LogP contribution in [0.15, 0.2) is 36.4 Å². The van der Waals surface area contributed by atoms with Crippen molar-refractivity contribution in [3.8, 4) is 0 Å². The van der Waals surface area contributed by atoms with Gasteiger partial charge in [0.1, 0.15) is 0 Å². The average molecular weight is 266 g/mol. The van der Waals surface area contributed by atoms with Gasteiger partial charge in [-0.3, -0.25) is 0 Å². The second-order valence-electron chi connectivity index (χ2n) is 4.75. The van der Waals surface area contributed by atoms with E-state index in [2.05, 4.69) is 31.8 Å². The lowest BCUT2D eigenvalue weighted by molar-refractivity contribution is 0.500. The lowest BCUT2D eigenvalue weighted by Gasteiger charge is -2.20. The molecule has 1 nitrogen and oxygen atoms in total. The van der Waals surface area contributed by atoms with Gasteiger partial charge in [0.15, 0.2) is 0 Å². The summed E-state index contributed by atoms with van der Waals surface area (Å²) in [7, 11) is 0. The van der Waals surface area contributed by atoms with Crippen molar-refractivity contribution >= 4 is 11.6 Å². The van der Waals surface area contributed by atoms with Gasteiger partial charge in [0, 0.05) is 11.1 Å². The maximum absolute atomic E-state index is 6.22. The number of nitrogens with one attached hydrogen (secondary N) is 1. The summed E-state index contributed by atoms with van der Waals surface area (Å²) in [6.07, 6.45) is 4.20. The molecule has 0 aliphatic rings. The van der Waals surface area contributed by atoms with E-state index >= 15 is 0 Å². The number of benzene rings is 1. The fraction of sp³-hybridized carbons (Fsp3) is 0.500. The van der Waals surface area contributed by atoms with E-state index in [4.69, 9.17) is 11.6 Å². The van der Waals surface area contributed by atoms with Gasteiger partial charge in [0.05, 0.1) is 0 Å². The molecule has 0 aromatic heterocycles. The van der Waals surface area contributed by atoms with E-state index in [1.165, 1.54) is 11.1 Å². The van der Waals surface area contributed by atoms with Crippen LogP contribution in [-0.4, -0.2) is 12.6 Å². The van der Waals surface area contributed by atoms with E-state index in [1.54, 1.807) is 0 Å². The van der Waals surface area contributed by atoms with Crippen LogP contribution < -0.4 is 5.32 Å². The van der Waals surface area contributed by atoms with Crippen LogP contribution in [0.25, 0.3) is 0 Å². The molecule has 1 N–H and O–H groups in total. The third-order valence-electron chi connectivity index (χ3n) is 3.14. The predicted octanol–water partition coefficient (Wildman–Crippen LogP) is 4.61. The monoisotopic (exact) mass is 265 g/mol. The number of halogens is 1. The van der Waals surface area contributed by atoms with Gasteiger partial charge in [0.2, 0.25) is 0 Å². The van der Waals surface area contributed by atoms with Gasteiger partial charge >= 0.3 is 0 Å². The fourth-order valence-electron chi connectivity index (χ4n) is 1.99. The minimum atomic E-state index is 0.442. The van der Waals surface area contributed by atoms with Crippen LogP contribution in [-0.2, 0) is 6.42 Å². The Balaban J connectivity index is 2.65. The Bertz CT molecular complexity index is 373. The quantitative estimate of drug-likeness (QED) is 0.677. The Hall–Kier alpha value is -0.790. The van der Waals surface area contributed by atoms with Gasteiger partial charge in [-0.15, -0.1) is 0 Å². The first kappa shape index (κ1) is 15.3. The van der Waals surface area contributed by atoms with Crippen molar-refractivity contribution in [2.24, 2.45) is 0 Å². The van der Waals surface area contributed by atoms with Crippen molar-refractivity contribution in [1.82, 2.24) is 5.32 Å². The minimum absolute atomic E-state index is 0.442. The van der Waals surface area contributed by atoms with Gasteiger partial charge in [-0.25, -0.2) is 0 Å². The zero-order valence-corrected chi connectivity index (χ0v) is 12.3. The standard InChI is InChI=1S/C16H24ClN/c1-4-10-18-15(11-13(3)5-2)12-14-8-6-7-9-16(14)17/h6-9,15,18H,3-5,10-12H2,1-2H3. The smallest absolute Gasteiger partial charge is 0.0438 e. The van der Waals surface area contributed by atoms with Crippen molar-refractivity contribution in [3.63, 3.8) is 0 Å². The van der Waals surface area contributed by atoms with Crippen molar-refractivity contribution in [2.75, 3.05) is 6.54 Å². The molecule has 2 heteroatoms. The first-order chi connectivity index (χ1) is 8.67. The summed E-state index contributed by atoms with van der Waals surface area (Å²) in [6.45, 7) is 9.51. The van der Waals surface area contributed by atoms with E-state index in [9.17, 15) is 0 Å². The van der Waals surface area contributed by atoms with Gasteiger partial charge in [-0.05, 0) is 43.9 Å². The average Bonchev–Trinajstić information content (AvgIpc) is 2.38. The lowest BCUT2D eigenvalue weighted by atomic mass is 9.98. The van der Waals surface area contributed by atoms with E-state index in [0.717, 1.165) is 37.3 Å². The first-order valence-corrected chi connectivity index (χ1v) is 7.18. The molecule has 1 aromatic rings. The number of hydrogen-bond acceptors (Lipinski definition) is 1. The Morgan fingerprint density at radius 3 is 2.67 bits per heavy atom. The first-order valence-electron chi connectivity index (χ1n) is 6.80. The Labute approximate surface area is 116 Å². The summed E-state index contributed by atoms with van der Waals surface area (Å²) in [6, 6.07) is 8.54. The molecule has 100 valence electrons. The van der Waals surface area contributed by atoms with E-state index < -0.39 is 0 Å². The molecule has 1 rings (SSSR count). The molecule has 0 saturated heterocycles. The predicted molar refractivity (Wildman–Crippen MR) is 81.3 cm³/mol. The van der Waals surface area contributed by atoms with Crippen LogP contribution >= 0.6 is 11.6 Å². The topological polar surface area (TPSA) is 12.0 Å². The zero-order valence-electron chi connectivity index (χ0n) is 11.5. The molecule has 1 atom stereocenters. The third-order valence-corrected chi connectivity index (χ3v) is 3.51. The third kappa shape index (κ3) is 5.24. The molecule has 0 bridgehead atoms. The fourth-order valence-corrected chi connectivity index (χ4v) is 2.20. The summed E-state index contributed by atoms with van der Waals surface area (Å²) >= 11 is 6.22. The van der Waals surface area contributed by atoms with Crippen molar-refractivity contribution in [1.29, 1.82) is 0 Å². The number of rotatable bonds is 8. The second kappa shape index (κ2) is 8.34. The highest BCUT2D eigenvalue weighted by atomic mass is 35.5. The van der Waals surface area contributed by atoms with Crippen LogP contribution in [0.2, 0.25) is 5.02 Å². The molecule has 0 spiro atoms. The maximum Gasteiger partial charge on any atom is 0.0438 e. The summed E-state index contributed by atoms with van der Waals surface area (Å²) in [5.41, 5.74) is 2.52. The molecule has 0 radical (unpaired) electrons. The molecule has 0 fully saturated rings. The highest BCUT2D eigenvalue weighted by molar-refractivity contribution is 6.31. The van der Waals surface area contributed by atoms with E-state index in [1.807, 2.05) is 18.2 Å². The van der Waals surface area contributed by atoms with E-state index in [0.29, 0.717) is 6.04 Å². The van der Waals surface area contributed by atoms with Crippen LogP contribution in [0.3, 0.4) is 0 Å². The molecule has 0 heterocycles. The largest absolute Gasteiger partial charge is 0.313 e. The molecule has 0 saturated carbocycles. The Kier molecular flexibility index (Phi) is 7.07. The Morgan fingerprint density at radius 2 is 2.06 bits per heavy atom. The van der Waals surface area contributed by atoms with Gasteiger partial charge in [0.25, 0.3) is 0 Å². The van der Waals surface area contributed by atoms with Crippen LogP contribution in [0, 0.1) is 0 Å². The maximum atomic E-state index is 6.22. The summed E-state index contributed by atoms with van der Waals surface area (Å²) < 4.78 is 0. The van der Waals surface area contributed by atoms with Gasteiger partial charge in [-0.2, -0.15) is 0 Å². The second-order valence-corrected chi connectivity index (χ2v) is 5.16. The number of hydrogen-bond donors (Lipinski definition) is 1. The Morgan fingerprint density at radius 1 is 1.33 bits per heavy atom. The van der Waals surface area contributed by atoms with Crippen LogP contribution in [0.5, 0.6) is 0 Å². The molecule has 1 unspecified atom stereocenters. The molecule has 0 aliphatic heterocycles. The van der Waals surface area contributed by atoms with Crippen LogP contribution in [0.1, 0.15) is 38.7 Å². The zero-order chi connectivity index (χ0) is 13.4. The van der Waals surface area contributed by atoms with Gasteiger partial charge < -0.3 is 5.32 Å². The molecule has 1 aromatic carbocycles. The summed E-state index contributed by atoms with van der Waals surface area (Å²) in [5.74, 6) is 0. The van der Waals surface area contributed by atoms with Crippen molar-refractivity contribution in [3.05, 3.63) is 47.0 Å². The van der Waals surface area contributed by atoms with Crippen molar-refractivity contribution in [2.45, 2.75) is 45.6 Å². The highest BCUT2D eigenvalue weighted by Crippen LogP contribution is 2.19. The highest BCUT2D eigenvalue weighted by Gasteiger charge is 2.11. The minimum Gasteiger partial charge on any atom is -0.313 e. The van der Waals surface area contributed by atoms with Crippen molar-refractivity contribution < 1.29 is 0 Å². The van der Waals surface area contributed by atoms with Gasteiger partial charge in [-0.1, -0.05) is 55.8 Å². The lowest BCUT2D eigenvalue weighted by Crippen LogP contribution is -2.32. The van der Waals surface area contributed by atoms with E-state index in [-0.39, 0.29) is 0 Å². The molecular weight excluding hydrogens is 242 g/mol.